The lowest BCUT2D eigenvalue weighted by Gasteiger charge is -2.43. The number of nitrogens with zero attached hydrogens (tertiary/aromatic N) is 2. The molecular formula is C17H33N3. The smallest absolute Gasteiger partial charge is 0.0223 e. The van der Waals surface area contributed by atoms with Gasteiger partial charge in [0, 0.05) is 31.2 Å². The van der Waals surface area contributed by atoms with Crippen LogP contribution in [0.1, 0.15) is 52.4 Å². The van der Waals surface area contributed by atoms with Crippen molar-refractivity contribution in [3.63, 3.8) is 0 Å². The Hall–Kier alpha value is -0.120. The number of nitrogens with two attached hydrogens (primary N) is 1. The number of fused-ring (bicyclic) bond motifs is 2. The lowest BCUT2D eigenvalue weighted by molar-refractivity contribution is 0.0979. The van der Waals surface area contributed by atoms with Crippen LogP contribution in [0.25, 0.3) is 0 Å². The average molecular weight is 279 g/mol. The second kappa shape index (κ2) is 5.58. The van der Waals surface area contributed by atoms with E-state index in [0.717, 1.165) is 12.1 Å². The Kier molecular flexibility index (Phi) is 4.13. The Morgan fingerprint density at radius 1 is 1.10 bits per heavy atom. The van der Waals surface area contributed by atoms with E-state index in [-0.39, 0.29) is 0 Å². The van der Waals surface area contributed by atoms with Gasteiger partial charge in [-0.1, -0.05) is 20.3 Å². The molecule has 0 aromatic heterocycles. The summed E-state index contributed by atoms with van der Waals surface area (Å²) in [7, 11) is 2.33. The summed E-state index contributed by atoms with van der Waals surface area (Å²) in [6.07, 6.45) is 8.19. The third kappa shape index (κ3) is 2.77. The van der Waals surface area contributed by atoms with E-state index < -0.39 is 0 Å². The molecule has 2 heterocycles. The van der Waals surface area contributed by atoms with E-state index in [1.807, 2.05) is 0 Å². The normalized spacial score (nSPS) is 42.6. The van der Waals surface area contributed by atoms with Crippen LogP contribution in [0, 0.1) is 11.3 Å². The topological polar surface area (TPSA) is 32.5 Å². The van der Waals surface area contributed by atoms with Gasteiger partial charge in [0.2, 0.25) is 0 Å². The van der Waals surface area contributed by atoms with Crippen LogP contribution in [0.15, 0.2) is 0 Å². The van der Waals surface area contributed by atoms with Gasteiger partial charge in [-0.15, -0.1) is 0 Å². The maximum atomic E-state index is 6.58. The summed E-state index contributed by atoms with van der Waals surface area (Å²) in [5.41, 5.74) is 6.92. The summed E-state index contributed by atoms with van der Waals surface area (Å²) >= 11 is 0. The molecule has 0 aromatic carbocycles. The van der Waals surface area contributed by atoms with Gasteiger partial charge in [-0.05, 0) is 57.0 Å². The SMILES string of the molecule is CN1C2CCC1CN(CC1CCCC(C)(C)C1N)CC2. The molecule has 2 bridgehead atoms. The van der Waals surface area contributed by atoms with Gasteiger partial charge in [-0.25, -0.2) is 0 Å². The summed E-state index contributed by atoms with van der Waals surface area (Å²) in [4.78, 5) is 5.37. The number of rotatable bonds is 2. The minimum Gasteiger partial charge on any atom is -0.327 e. The van der Waals surface area contributed by atoms with E-state index in [1.165, 1.54) is 58.2 Å². The predicted octanol–water partition coefficient (Wildman–Crippen LogP) is 2.31. The zero-order chi connectivity index (χ0) is 14.3. The molecule has 0 amide bonds. The zero-order valence-corrected chi connectivity index (χ0v) is 13.6. The molecule has 3 rings (SSSR count). The molecule has 0 spiro atoms. The first-order chi connectivity index (χ1) is 9.47. The lowest BCUT2D eigenvalue weighted by Crippen LogP contribution is -2.51. The second-order valence-corrected chi connectivity index (χ2v) is 8.27. The molecule has 4 unspecified atom stereocenters. The molecule has 0 aromatic rings. The minimum absolute atomic E-state index is 0.338. The number of likely N-dealkylation sites (N-methyl/N-ethyl adjacent to an activating group) is 1. The highest BCUT2D eigenvalue weighted by Crippen LogP contribution is 2.38. The number of hydrogen-bond acceptors (Lipinski definition) is 3. The molecule has 2 aliphatic heterocycles. The molecule has 3 fully saturated rings. The third-order valence-corrected chi connectivity index (χ3v) is 6.53. The van der Waals surface area contributed by atoms with E-state index in [9.17, 15) is 0 Å². The van der Waals surface area contributed by atoms with Gasteiger partial charge < -0.3 is 10.6 Å². The maximum Gasteiger partial charge on any atom is 0.0223 e. The minimum atomic E-state index is 0.338. The number of likely N-dealkylation sites (tertiary alicyclic amines) is 1. The van der Waals surface area contributed by atoms with Crippen LogP contribution in [0.4, 0.5) is 0 Å². The molecule has 0 radical (unpaired) electrons. The lowest BCUT2D eigenvalue weighted by atomic mass is 9.68. The van der Waals surface area contributed by atoms with Crippen molar-refractivity contribution < 1.29 is 0 Å². The molecule has 3 heteroatoms. The summed E-state index contributed by atoms with van der Waals surface area (Å²) < 4.78 is 0. The molecule has 1 saturated carbocycles. The highest BCUT2D eigenvalue weighted by Gasteiger charge is 2.39. The van der Waals surface area contributed by atoms with E-state index in [4.69, 9.17) is 5.73 Å². The molecule has 2 N–H and O–H groups in total. The summed E-state index contributed by atoms with van der Waals surface area (Å²) in [5.74, 6) is 0.709. The van der Waals surface area contributed by atoms with Gasteiger partial charge in [-0.3, -0.25) is 4.90 Å². The Morgan fingerprint density at radius 2 is 1.85 bits per heavy atom. The maximum absolute atomic E-state index is 6.58. The fraction of sp³-hybridized carbons (Fsp3) is 1.00. The Morgan fingerprint density at radius 3 is 2.65 bits per heavy atom. The third-order valence-electron chi connectivity index (χ3n) is 6.53. The summed E-state index contributed by atoms with van der Waals surface area (Å²) in [6.45, 7) is 8.53. The first-order valence-electron chi connectivity index (χ1n) is 8.67. The van der Waals surface area contributed by atoms with Gasteiger partial charge in [0.05, 0.1) is 0 Å². The van der Waals surface area contributed by atoms with Crippen molar-refractivity contribution in [2.24, 2.45) is 17.1 Å². The first-order valence-corrected chi connectivity index (χ1v) is 8.67. The second-order valence-electron chi connectivity index (χ2n) is 8.27. The van der Waals surface area contributed by atoms with E-state index >= 15 is 0 Å². The fourth-order valence-corrected chi connectivity index (χ4v) is 4.89. The van der Waals surface area contributed by atoms with Crippen molar-refractivity contribution in [2.75, 3.05) is 26.7 Å². The van der Waals surface area contributed by atoms with Crippen LogP contribution in [0.2, 0.25) is 0 Å². The Labute approximate surface area is 124 Å². The van der Waals surface area contributed by atoms with Crippen LogP contribution in [-0.4, -0.2) is 54.6 Å². The van der Waals surface area contributed by atoms with Crippen molar-refractivity contribution in [1.82, 2.24) is 9.80 Å². The highest BCUT2D eigenvalue weighted by atomic mass is 15.3. The number of hydrogen-bond donors (Lipinski definition) is 1. The molecular weight excluding hydrogens is 246 g/mol. The van der Waals surface area contributed by atoms with Crippen molar-refractivity contribution in [3.8, 4) is 0 Å². The van der Waals surface area contributed by atoms with E-state index in [0.29, 0.717) is 17.4 Å². The van der Waals surface area contributed by atoms with Crippen LogP contribution >= 0.6 is 0 Å². The molecule has 20 heavy (non-hydrogen) atoms. The van der Waals surface area contributed by atoms with Gasteiger partial charge in [0.1, 0.15) is 0 Å². The molecule has 3 nitrogen and oxygen atoms in total. The van der Waals surface area contributed by atoms with Gasteiger partial charge >= 0.3 is 0 Å². The molecule has 116 valence electrons. The van der Waals surface area contributed by atoms with Crippen LogP contribution in [0.3, 0.4) is 0 Å². The molecule has 3 aliphatic rings. The first kappa shape index (κ1) is 14.8. The van der Waals surface area contributed by atoms with E-state index in [1.54, 1.807) is 0 Å². The quantitative estimate of drug-likeness (QED) is 0.842. The Balaban J connectivity index is 1.60. The van der Waals surface area contributed by atoms with Crippen molar-refractivity contribution in [3.05, 3.63) is 0 Å². The van der Waals surface area contributed by atoms with Gasteiger partial charge in [-0.2, -0.15) is 0 Å². The molecule has 4 atom stereocenters. The van der Waals surface area contributed by atoms with Crippen LogP contribution in [-0.2, 0) is 0 Å². The predicted molar refractivity (Wildman–Crippen MR) is 84.7 cm³/mol. The largest absolute Gasteiger partial charge is 0.327 e. The van der Waals surface area contributed by atoms with E-state index in [2.05, 4.69) is 30.7 Å². The highest BCUT2D eigenvalue weighted by molar-refractivity contribution is 4.95. The Bertz CT molecular complexity index is 341. The van der Waals surface area contributed by atoms with Crippen molar-refractivity contribution >= 4 is 0 Å². The van der Waals surface area contributed by atoms with Crippen LogP contribution in [0.5, 0.6) is 0 Å². The molecule has 2 saturated heterocycles. The zero-order valence-electron chi connectivity index (χ0n) is 13.6. The van der Waals surface area contributed by atoms with Gasteiger partial charge in [0.15, 0.2) is 0 Å². The van der Waals surface area contributed by atoms with Crippen LogP contribution < -0.4 is 5.73 Å². The average Bonchev–Trinajstić information content (AvgIpc) is 2.63. The summed E-state index contributed by atoms with van der Waals surface area (Å²) in [6, 6.07) is 2.03. The monoisotopic (exact) mass is 279 g/mol. The van der Waals surface area contributed by atoms with Crippen molar-refractivity contribution in [2.45, 2.75) is 70.5 Å². The summed E-state index contributed by atoms with van der Waals surface area (Å²) in [5, 5.41) is 0. The standard InChI is InChI=1S/C17H33N3/c1-17(2)9-4-5-13(16(17)18)11-20-10-8-14-6-7-15(12-20)19(14)3/h13-16H,4-12,18H2,1-3H3. The molecule has 1 aliphatic carbocycles. The van der Waals surface area contributed by atoms with Gasteiger partial charge in [0.25, 0.3) is 0 Å². The van der Waals surface area contributed by atoms with Crippen molar-refractivity contribution in [1.29, 1.82) is 0 Å². The fourth-order valence-electron chi connectivity index (χ4n) is 4.89.